The van der Waals surface area contributed by atoms with Gasteiger partial charge in [-0.15, -0.1) is 0 Å². The average Bonchev–Trinajstić information content (AvgIpc) is 3.47. The third kappa shape index (κ3) is 3.28. The molecule has 0 bridgehead atoms. The van der Waals surface area contributed by atoms with Crippen LogP contribution in [0.1, 0.15) is 44.3 Å². The number of benzene rings is 1. The molecule has 3 heterocycles. The monoisotopic (exact) mass is 470 g/mol. The molecule has 10 heteroatoms. The smallest absolute Gasteiger partial charge is 0.271 e. The molecule has 2 amide bonds. The van der Waals surface area contributed by atoms with Crippen LogP contribution in [-0.4, -0.2) is 32.7 Å². The molecule has 180 valence electrons. The Hall–Kier alpha value is -3.08. The molecule has 2 N–H and O–H groups in total. The van der Waals surface area contributed by atoms with E-state index in [2.05, 4.69) is 0 Å². The molecule has 1 aliphatic carbocycles. The first-order valence-electron chi connectivity index (χ1n) is 11.4. The van der Waals surface area contributed by atoms with Crippen LogP contribution in [0.15, 0.2) is 40.8 Å². The molecule has 3 fully saturated rings. The van der Waals surface area contributed by atoms with Crippen LogP contribution >= 0.6 is 0 Å². The molecule has 2 saturated heterocycles. The maximum atomic E-state index is 13.6. The first-order chi connectivity index (χ1) is 16.2. The van der Waals surface area contributed by atoms with E-state index in [0.29, 0.717) is 11.5 Å². The lowest BCUT2D eigenvalue weighted by Gasteiger charge is -2.46. The second-order valence-electron chi connectivity index (χ2n) is 9.67. The predicted molar refractivity (Wildman–Crippen MR) is 117 cm³/mol. The molecule has 0 unspecified atom stereocenters. The summed E-state index contributed by atoms with van der Waals surface area (Å²) in [7, 11) is 0. The van der Waals surface area contributed by atoms with E-state index >= 15 is 0 Å². The number of amides is 2. The summed E-state index contributed by atoms with van der Waals surface area (Å²) in [6.07, 6.45) is -0.107. The fraction of sp³-hybridized carbons (Fsp3) is 0.500. The molecule has 0 spiro atoms. The van der Waals surface area contributed by atoms with Crippen LogP contribution < -0.4 is 4.90 Å². The van der Waals surface area contributed by atoms with Crippen LogP contribution in [0.25, 0.3) is 0 Å². The van der Waals surface area contributed by atoms with E-state index in [1.165, 1.54) is 24.3 Å². The van der Waals surface area contributed by atoms with E-state index in [-0.39, 0.29) is 36.7 Å². The van der Waals surface area contributed by atoms with E-state index in [1.54, 1.807) is 12.1 Å². The number of nitrogens with zero attached hydrogens (tertiary/aromatic N) is 2. The van der Waals surface area contributed by atoms with Crippen LogP contribution in [0.2, 0.25) is 0 Å². The third-order valence-electron chi connectivity index (χ3n) is 7.54. The van der Waals surface area contributed by atoms with Gasteiger partial charge in [-0.1, -0.05) is 19.9 Å². The van der Waals surface area contributed by atoms with E-state index in [9.17, 15) is 29.9 Å². The quantitative estimate of drug-likeness (QED) is 0.386. The number of anilines is 1. The van der Waals surface area contributed by atoms with Crippen molar-refractivity contribution < 1.29 is 33.9 Å². The zero-order chi connectivity index (χ0) is 24.4. The van der Waals surface area contributed by atoms with Gasteiger partial charge in [0.25, 0.3) is 5.69 Å². The van der Waals surface area contributed by atoms with Crippen molar-refractivity contribution in [2.45, 2.75) is 45.2 Å². The molecule has 6 atom stereocenters. The van der Waals surface area contributed by atoms with Crippen molar-refractivity contribution >= 4 is 23.2 Å². The molecule has 1 saturated carbocycles. The summed E-state index contributed by atoms with van der Waals surface area (Å²) in [5.74, 6) is -4.30. The number of aliphatic hydroxyl groups is 2. The van der Waals surface area contributed by atoms with E-state index in [1.807, 2.05) is 13.8 Å². The molecule has 2 aliphatic heterocycles. The van der Waals surface area contributed by atoms with Crippen LogP contribution in [0.4, 0.5) is 11.4 Å². The highest BCUT2D eigenvalue weighted by Crippen LogP contribution is 2.60. The number of rotatable bonds is 5. The lowest BCUT2D eigenvalue weighted by molar-refractivity contribution is -0.384. The maximum absolute atomic E-state index is 13.6. The Morgan fingerprint density at radius 2 is 1.97 bits per heavy atom. The minimum absolute atomic E-state index is 0.0356. The van der Waals surface area contributed by atoms with Gasteiger partial charge in [0.05, 0.1) is 22.4 Å². The first kappa shape index (κ1) is 22.7. The molecule has 34 heavy (non-hydrogen) atoms. The summed E-state index contributed by atoms with van der Waals surface area (Å²) in [6.45, 7) is 3.60. The van der Waals surface area contributed by atoms with Crippen molar-refractivity contribution in [3.05, 3.63) is 58.0 Å². The minimum Gasteiger partial charge on any atom is -0.461 e. The number of carbonyl (C=O) groups excluding carboxylic acids is 2. The number of fused-ring (bicyclic) bond motifs is 3. The highest BCUT2D eigenvalue weighted by atomic mass is 16.6. The van der Waals surface area contributed by atoms with Gasteiger partial charge in [-0.3, -0.25) is 19.7 Å². The Kier molecular flexibility index (Phi) is 5.34. The number of ether oxygens (including phenoxy) is 1. The Morgan fingerprint density at radius 3 is 2.62 bits per heavy atom. The van der Waals surface area contributed by atoms with Gasteiger partial charge in [-0.25, -0.2) is 4.90 Å². The molecule has 1 aromatic carbocycles. The average molecular weight is 470 g/mol. The number of imide groups is 1. The van der Waals surface area contributed by atoms with Gasteiger partial charge in [-0.05, 0) is 37.0 Å². The SMILES string of the molecule is CC(C)[C@H]1C[C@@H]2C(=O)N(c3cccc([N+](=O)[O-])c3)C(=O)[C@@H]2[C@@H]2C[C@@H](c3ccc(CO)o3)O[C@]12O. The van der Waals surface area contributed by atoms with Gasteiger partial charge in [0.2, 0.25) is 11.8 Å². The fourth-order valence-electron chi connectivity index (χ4n) is 6.00. The molecule has 1 aromatic heterocycles. The van der Waals surface area contributed by atoms with Crippen LogP contribution in [-0.2, 0) is 20.9 Å². The van der Waals surface area contributed by atoms with Crippen molar-refractivity contribution in [1.29, 1.82) is 0 Å². The van der Waals surface area contributed by atoms with Gasteiger partial charge in [0.15, 0.2) is 5.79 Å². The molecule has 2 aromatic rings. The second kappa shape index (κ2) is 8.00. The van der Waals surface area contributed by atoms with E-state index in [4.69, 9.17) is 9.15 Å². The largest absolute Gasteiger partial charge is 0.461 e. The van der Waals surface area contributed by atoms with E-state index in [0.717, 1.165) is 4.90 Å². The number of nitro groups is 1. The Labute approximate surface area is 195 Å². The van der Waals surface area contributed by atoms with Crippen molar-refractivity contribution in [3.63, 3.8) is 0 Å². The molecular weight excluding hydrogens is 444 g/mol. The van der Waals surface area contributed by atoms with Gasteiger partial charge in [0.1, 0.15) is 24.2 Å². The van der Waals surface area contributed by atoms with Gasteiger partial charge in [0, 0.05) is 24.0 Å². The zero-order valence-corrected chi connectivity index (χ0v) is 18.8. The summed E-state index contributed by atoms with van der Waals surface area (Å²) >= 11 is 0. The first-order valence-corrected chi connectivity index (χ1v) is 11.4. The van der Waals surface area contributed by atoms with Gasteiger partial charge in [-0.2, -0.15) is 0 Å². The highest BCUT2D eigenvalue weighted by molar-refractivity contribution is 6.22. The maximum Gasteiger partial charge on any atom is 0.271 e. The second-order valence-corrected chi connectivity index (χ2v) is 9.67. The summed E-state index contributed by atoms with van der Waals surface area (Å²) < 4.78 is 11.8. The number of furan rings is 1. The number of hydrogen-bond acceptors (Lipinski definition) is 8. The number of hydrogen-bond donors (Lipinski definition) is 2. The normalized spacial score (nSPS) is 32.9. The summed E-state index contributed by atoms with van der Waals surface area (Å²) in [5, 5.41) is 32.3. The van der Waals surface area contributed by atoms with Crippen molar-refractivity contribution in [1.82, 2.24) is 0 Å². The summed E-state index contributed by atoms with van der Waals surface area (Å²) in [4.78, 5) is 38.7. The number of non-ortho nitro benzene ring substituents is 1. The Bertz CT molecular complexity index is 1160. The lowest BCUT2D eigenvalue weighted by atomic mass is 9.62. The van der Waals surface area contributed by atoms with Crippen LogP contribution in [0.3, 0.4) is 0 Å². The predicted octanol–water partition coefficient (Wildman–Crippen LogP) is 2.93. The third-order valence-corrected chi connectivity index (χ3v) is 7.54. The number of carbonyl (C=O) groups is 2. The molecule has 0 radical (unpaired) electrons. The fourth-order valence-corrected chi connectivity index (χ4v) is 6.00. The van der Waals surface area contributed by atoms with Crippen LogP contribution in [0.5, 0.6) is 0 Å². The Balaban J connectivity index is 1.53. The van der Waals surface area contributed by atoms with Crippen LogP contribution in [0, 0.1) is 39.7 Å². The summed E-state index contributed by atoms with van der Waals surface area (Å²) in [5.41, 5.74) is -0.0661. The number of nitro benzene ring substituents is 1. The zero-order valence-electron chi connectivity index (χ0n) is 18.8. The molecule has 10 nitrogen and oxygen atoms in total. The minimum atomic E-state index is -1.64. The van der Waals surface area contributed by atoms with Gasteiger partial charge < -0.3 is 19.4 Å². The molecular formula is C24H26N2O8. The van der Waals surface area contributed by atoms with Gasteiger partial charge >= 0.3 is 0 Å². The molecule has 3 aliphatic rings. The van der Waals surface area contributed by atoms with Crippen molar-refractivity contribution in [2.75, 3.05) is 4.90 Å². The standard InChI is InChI=1S/C24H26N2O8/c1-12(2)17-9-16-21(18-10-20(34-24(17,18)30)19-7-6-15(11-27)33-19)23(29)25(22(16)28)13-4-3-5-14(8-13)26(31)32/h3-8,12,16-18,20-21,27,30H,9-11H2,1-2H3/t16-,17+,18-,20-,21-,24+/m0/s1. The highest BCUT2D eigenvalue weighted by Gasteiger charge is 2.67. The lowest BCUT2D eigenvalue weighted by Crippen LogP contribution is -2.55. The van der Waals surface area contributed by atoms with Crippen molar-refractivity contribution in [2.24, 2.45) is 29.6 Å². The Morgan fingerprint density at radius 1 is 1.21 bits per heavy atom. The molecule has 5 rings (SSSR count). The summed E-state index contributed by atoms with van der Waals surface area (Å²) in [6, 6.07) is 8.76. The topological polar surface area (TPSA) is 143 Å². The van der Waals surface area contributed by atoms with E-state index < -0.39 is 52.3 Å². The van der Waals surface area contributed by atoms with Crippen molar-refractivity contribution in [3.8, 4) is 0 Å². The number of aliphatic hydroxyl groups excluding tert-OH is 1.